The van der Waals surface area contributed by atoms with E-state index in [-0.39, 0.29) is 22.8 Å². The van der Waals surface area contributed by atoms with Crippen molar-refractivity contribution in [3.63, 3.8) is 0 Å². The molecule has 0 spiro atoms. The maximum absolute atomic E-state index is 13.2. The van der Waals surface area contributed by atoms with Gasteiger partial charge in [0.25, 0.3) is 0 Å². The summed E-state index contributed by atoms with van der Waals surface area (Å²) in [6.07, 6.45) is 1.92. The molecule has 5 heteroatoms. The first-order chi connectivity index (χ1) is 7.61. The van der Waals surface area contributed by atoms with Crippen molar-refractivity contribution < 1.29 is 14.3 Å². The first kappa shape index (κ1) is 10.4. The van der Waals surface area contributed by atoms with Gasteiger partial charge in [-0.05, 0) is 24.6 Å². The lowest BCUT2D eigenvalue weighted by molar-refractivity contribution is 0.111. The number of carbonyl (C=O) groups excluding carboxylic acids is 1. The zero-order valence-electron chi connectivity index (χ0n) is 8.49. The van der Waals surface area contributed by atoms with Gasteiger partial charge >= 0.3 is 0 Å². The Morgan fingerprint density at radius 2 is 2.25 bits per heavy atom. The number of hydrogen-bond donors (Lipinski definition) is 2. The molecule has 2 aromatic rings. The molecule has 0 saturated heterocycles. The minimum absolute atomic E-state index is 0.0480. The first-order valence-electron chi connectivity index (χ1n) is 4.61. The lowest BCUT2D eigenvalue weighted by Crippen LogP contribution is -1.88. The van der Waals surface area contributed by atoms with Crippen LogP contribution in [0.15, 0.2) is 18.3 Å². The van der Waals surface area contributed by atoms with Gasteiger partial charge in [-0.1, -0.05) is 0 Å². The van der Waals surface area contributed by atoms with Crippen molar-refractivity contribution >= 4 is 6.29 Å². The monoisotopic (exact) mass is 220 g/mol. The summed E-state index contributed by atoms with van der Waals surface area (Å²) in [4.78, 5) is 17.0. The van der Waals surface area contributed by atoms with Crippen LogP contribution in [0.4, 0.5) is 4.39 Å². The SMILES string of the molecule is Cc1cc(F)cc(-c2ncc(C=O)[nH]2)c1O. The number of aryl methyl sites for hydroxylation is 1. The van der Waals surface area contributed by atoms with E-state index in [1.54, 1.807) is 6.92 Å². The molecular formula is C11H9FN2O2. The Kier molecular flexibility index (Phi) is 2.44. The van der Waals surface area contributed by atoms with E-state index in [4.69, 9.17) is 0 Å². The number of nitrogens with zero attached hydrogens (tertiary/aromatic N) is 1. The Balaban J connectivity index is 2.58. The predicted octanol–water partition coefficient (Wildman–Crippen LogP) is 2.04. The molecule has 2 N–H and O–H groups in total. The summed E-state index contributed by atoms with van der Waals surface area (Å²) in [5.41, 5.74) is 0.931. The van der Waals surface area contributed by atoms with Crippen molar-refractivity contribution in [2.24, 2.45) is 0 Å². The number of benzene rings is 1. The van der Waals surface area contributed by atoms with E-state index >= 15 is 0 Å². The largest absolute Gasteiger partial charge is 0.507 e. The van der Waals surface area contributed by atoms with E-state index in [1.807, 2.05) is 0 Å². The van der Waals surface area contributed by atoms with Gasteiger partial charge in [-0.3, -0.25) is 4.79 Å². The van der Waals surface area contributed by atoms with E-state index in [0.717, 1.165) is 6.07 Å². The summed E-state index contributed by atoms with van der Waals surface area (Å²) in [6.45, 7) is 1.59. The summed E-state index contributed by atoms with van der Waals surface area (Å²) < 4.78 is 13.2. The summed E-state index contributed by atoms with van der Waals surface area (Å²) >= 11 is 0. The molecule has 0 unspecified atom stereocenters. The molecule has 0 bridgehead atoms. The van der Waals surface area contributed by atoms with Gasteiger partial charge in [0.05, 0.1) is 17.5 Å². The lowest BCUT2D eigenvalue weighted by Gasteiger charge is -2.04. The molecule has 82 valence electrons. The van der Waals surface area contributed by atoms with Gasteiger partial charge in [-0.15, -0.1) is 0 Å². The maximum atomic E-state index is 13.2. The van der Waals surface area contributed by atoms with E-state index in [0.29, 0.717) is 11.8 Å². The van der Waals surface area contributed by atoms with E-state index in [1.165, 1.54) is 12.3 Å². The second-order valence-corrected chi connectivity index (χ2v) is 3.42. The second kappa shape index (κ2) is 3.77. The highest BCUT2D eigenvalue weighted by Crippen LogP contribution is 2.30. The first-order valence-corrected chi connectivity index (χ1v) is 4.61. The summed E-state index contributed by atoms with van der Waals surface area (Å²) in [5.74, 6) is -0.246. The van der Waals surface area contributed by atoms with Crippen molar-refractivity contribution in [2.75, 3.05) is 0 Å². The Hall–Kier alpha value is -2.17. The van der Waals surface area contributed by atoms with Crippen LogP contribution in [-0.2, 0) is 0 Å². The molecule has 16 heavy (non-hydrogen) atoms. The average molecular weight is 220 g/mol. The Labute approximate surface area is 90.8 Å². The van der Waals surface area contributed by atoms with Crippen LogP contribution in [0.5, 0.6) is 5.75 Å². The van der Waals surface area contributed by atoms with Crippen LogP contribution in [0.1, 0.15) is 16.1 Å². The molecule has 1 heterocycles. The van der Waals surface area contributed by atoms with Crippen LogP contribution in [0.3, 0.4) is 0 Å². The van der Waals surface area contributed by atoms with Crippen LogP contribution in [0.25, 0.3) is 11.4 Å². The highest BCUT2D eigenvalue weighted by Gasteiger charge is 2.12. The second-order valence-electron chi connectivity index (χ2n) is 3.42. The minimum atomic E-state index is -0.464. The summed E-state index contributed by atoms with van der Waals surface area (Å²) in [5, 5.41) is 9.74. The number of halogens is 1. The molecule has 0 saturated carbocycles. The number of rotatable bonds is 2. The van der Waals surface area contributed by atoms with Gasteiger partial charge in [-0.25, -0.2) is 9.37 Å². The number of aromatic nitrogens is 2. The number of imidazole rings is 1. The van der Waals surface area contributed by atoms with Gasteiger partial charge in [0, 0.05) is 0 Å². The number of phenols is 1. The van der Waals surface area contributed by atoms with Crippen LogP contribution < -0.4 is 0 Å². The molecule has 0 atom stereocenters. The minimum Gasteiger partial charge on any atom is -0.507 e. The number of aromatic hydroxyl groups is 1. The summed E-state index contributed by atoms with van der Waals surface area (Å²) in [7, 11) is 0. The molecule has 0 aliphatic carbocycles. The number of hydrogen-bond acceptors (Lipinski definition) is 3. The van der Waals surface area contributed by atoms with Gasteiger partial charge in [0.15, 0.2) is 6.29 Å². The van der Waals surface area contributed by atoms with Crippen LogP contribution in [-0.4, -0.2) is 21.4 Å². The number of aldehydes is 1. The fourth-order valence-corrected chi connectivity index (χ4v) is 1.45. The van der Waals surface area contributed by atoms with E-state index < -0.39 is 5.82 Å². The fraction of sp³-hybridized carbons (Fsp3) is 0.0909. The summed E-state index contributed by atoms with van der Waals surface area (Å²) in [6, 6.07) is 2.39. The van der Waals surface area contributed by atoms with Crippen molar-refractivity contribution in [2.45, 2.75) is 6.92 Å². The number of aromatic amines is 1. The zero-order valence-corrected chi connectivity index (χ0v) is 8.49. The average Bonchev–Trinajstić information content (AvgIpc) is 2.71. The molecular weight excluding hydrogens is 211 g/mol. The van der Waals surface area contributed by atoms with Crippen molar-refractivity contribution in [1.29, 1.82) is 0 Å². The predicted molar refractivity (Wildman–Crippen MR) is 55.8 cm³/mol. The highest BCUT2D eigenvalue weighted by atomic mass is 19.1. The third kappa shape index (κ3) is 1.67. The van der Waals surface area contributed by atoms with Gasteiger partial charge in [0.1, 0.15) is 17.4 Å². The maximum Gasteiger partial charge on any atom is 0.167 e. The number of H-pyrrole nitrogens is 1. The third-order valence-corrected chi connectivity index (χ3v) is 2.24. The number of carbonyl (C=O) groups is 1. The van der Waals surface area contributed by atoms with Crippen LogP contribution >= 0.6 is 0 Å². The number of nitrogens with one attached hydrogen (secondary N) is 1. The molecule has 0 aliphatic heterocycles. The van der Waals surface area contributed by atoms with Crippen molar-refractivity contribution in [3.8, 4) is 17.1 Å². The molecule has 0 aliphatic rings. The fourth-order valence-electron chi connectivity index (χ4n) is 1.45. The Bertz CT molecular complexity index is 549. The highest BCUT2D eigenvalue weighted by molar-refractivity contribution is 5.74. The Morgan fingerprint density at radius 1 is 1.50 bits per heavy atom. The molecule has 0 fully saturated rings. The molecule has 0 radical (unpaired) electrons. The van der Waals surface area contributed by atoms with Gasteiger partial charge in [-0.2, -0.15) is 0 Å². The topological polar surface area (TPSA) is 66.0 Å². The molecule has 0 amide bonds. The normalized spacial score (nSPS) is 10.4. The van der Waals surface area contributed by atoms with Crippen molar-refractivity contribution in [1.82, 2.24) is 9.97 Å². The molecule has 1 aromatic heterocycles. The standard InChI is InChI=1S/C11H9FN2O2/c1-6-2-7(12)3-9(10(6)16)11-13-4-8(5-15)14-11/h2-5,16H,1H3,(H,13,14). The van der Waals surface area contributed by atoms with Crippen LogP contribution in [0, 0.1) is 12.7 Å². The molecule has 2 rings (SSSR count). The zero-order chi connectivity index (χ0) is 11.7. The van der Waals surface area contributed by atoms with E-state index in [2.05, 4.69) is 9.97 Å². The van der Waals surface area contributed by atoms with Gasteiger partial charge < -0.3 is 10.1 Å². The molecule has 1 aromatic carbocycles. The smallest absolute Gasteiger partial charge is 0.167 e. The van der Waals surface area contributed by atoms with Crippen LogP contribution in [0.2, 0.25) is 0 Å². The van der Waals surface area contributed by atoms with E-state index in [9.17, 15) is 14.3 Å². The quantitative estimate of drug-likeness (QED) is 0.761. The Morgan fingerprint density at radius 3 is 2.88 bits per heavy atom. The molecule has 4 nitrogen and oxygen atoms in total. The number of phenolic OH excluding ortho intramolecular Hbond substituents is 1. The van der Waals surface area contributed by atoms with Gasteiger partial charge in [0.2, 0.25) is 0 Å². The van der Waals surface area contributed by atoms with Crippen molar-refractivity contribution in [3.05, 3.63) is 35.4 Å². The third-order valence-electron chi connectivity index (χ3n) is 2.24. The lowest BCUT2D eigenvalue weighted by atomic mass is 10.1.